The van der Waals surface area contributed by atoms with Gasteiger partial charge in [0, 0.05) is 6.04 Å². The minimum Gasteiger partial charge on any atom is -0.368 e. The Morgan fingerprint density at radius 2 is 2.23 bits per heavy atom. The summed E-state index contributed by atoms with van der Waals surface area (Å²) in [5.74, 6) is -0.228. The molecule has 0 aromatic rings. The third-order valence-corrected chi connectivity index (χ3v) is 2.22. The molecule has 0 aromatic carbocycles. The molecule has 1 saturated carbocycles. The van der Waals surface area contributed by atoms with Crippen LogP contribution in [0.5, 0.6) is 0 Å². The normalized spacial score (nSPS) is 19.0. The van der Waals surface area contributed by atoms with E-state index in [9.17, 15) is 4.79 Å². The Kier molecular flexibility index (Phi) is 3.69. The van der Waals surface area contributed by atoms with Crippen molar-refractivity contribution in [1.82, 2.24) is 10.2 Å². The van der Waals surface area contributed by atoms with Gasteiger partial charge in [-0.3, -0.25) is 4.79 Å². The lowest BCUT2D eigenvalue weighted by atomic mass is 10.2. The number of carbonyl (C=O) groups excluding carboxylic acids is 1. The maximum Gasteiger partial charge on any atom is 0.234 e. The number of carbonyl (C=O) groups is 1. The lowest BCUT2D eigenvalue weighted by molar-refractivity contribution is -0.120. The molecule has 1 atom stereocenters. The van der Waals surface area contributed by atoms with Crippen LogP contribution in [-0.2, 0) is 4.79 Å². The SMILES string of the molecule is CN(C)CCC(NC1CC1)C(N)=O. The predicted molar refractivity (Wildman–Crippen MR) is 52.3 cm³/mol. The fourth-order valence-corrected chi connectivity index (χ4v) is 1.23. The minimum absolute atomic E-state index is 0.144. The lowest BCUT2D eigenvalue weighted by Gasteiger charge is -2.17. The molecule has 0 spiro atoms. The van der Waals surface area contributed by atoms with E-state index >= 15 is 0 Å². The fourth-order valence-electron chi connectivity index (χ4n) is 1.23. The predicted octanol–water partition coefficient (Wildman–Crippen LogP) is -0.456. The van der Waals surface area contributed by atoms with Crippen LogP contribution in [0.3, 0.4) is 0 Å². The Bertz CT molecular complexity index is 178. The Labute approximate surface area is 79.5 Å². The first-order valence-corrected chi connectivity index (χ1v) is 4.79. The molecule has 0 aromatic heterocycles. The van der Waals surface area contributed by atoms with Gasteiger partial charge < -0.3 is 16.0 Å². The molecule has 76 valence electrons. The molecular weight excluding hydrogens is 166 g/mol. The quantitative estimate of drug-likeness (QED) is 0.589. The van der Waals surface area contributed by atoms with E-state index in [1.807, 2.05) is 14.1 Å². The van der Waals surface area contributed by atoms with Crippen molar-refractivity contribution in [2.24, 2.45) is 5.73 Å². The average molecular weight is 185 g/mol. The van der Waals surface area contributed by atoms with Gasteiger partial charge in [-0.2, -0.15) is 0 Å². The van der Waals surface area contributed by atoms with E-state index in [1.165, 1.54) is 12.8 Å². The molecule has 4 heteroatoms. The second-order valence-electron chi connectivity index (χ2n) is 3.99. The summed E-state index contributed by atoms with van der Waals surface area (Å²) in [4.78, 5) is 13.1. The maximum absolute atomic E-state index is 11.0. The third-order valence-electron chi connectivity index (χ3n) is 2.22. The average Bonchev–Trinajstić information content (AvgIpc) is 2.80. The van der Waals surface area contributed by atoms with Gasteiger partial charge in [0.2, 0.25) is 5.91 Å². The molecule has 0 saturated heterocycles. The third kappa shape index (κ3) is 4.24. The Hall–Kier alpha value is -0.610. The second kappa shape index (κ2) is 4.58. The van der Waals surface area contributed by atoms with E-state index in [0.29, 0.717) is 6.04 Å². The molecule has 1 unspecified atom stereocenters. The van der Waals surface area contributed by atoms with Crippen LogP contribution in [0.1, 0.15) is 19.3 Å². The molecule has 1 amide bonds. The van der Waals surface area contributed by atoms with Crippen LogP contribution in [-0.4, -0.2) is 43.5 Å². The highest BCUT2D eigenvalue weighted by molar-refractivity contribution is 5.79. The Morgan fingerprint density at radius 3 is 2.62 bits per heavy atom. The number of nitrogens with two attached hydrogens (primary N) is 1. The van der Waals surface area contributed by atoms with Crippen LogP contribution in [0.25, 0.3) is 0 Å². The van der Waals surface area contributed by atoms with E-state index in [0.717, 1.165) is 13.0 Å². The van der Waals surface area contributed by atoms with Crippen molar-refractivity contribution in [2.45, 2.75) is 31.3 Å². The van der Waals surface area contributed by atoms with E-state index in [-0.39, 0.29) is 11.9 Å². The molecule has 4 nitrogen and oxygen atoms in total. The van der Waals surface area contributed by atoms with Crippen molar-refractivity contribution in [1.29, 1.82) is 0 Å². The molecule has 1 aliphatic carbocycles. The van der Waals surface area contributed by atoms with Crippen molar-refractivity contribution in [3.05, 3.63) is 0 Å². The summed E-state index contributed by atoms with van der Waals surface area (Å²) in [5.41, 5.74) is 5.28. The molecule has 0 bridgehead atoms. The van der Waals surface area contributed by atoms with Crippen molar-refractivity contribution < 1.29 is 4.79 Å². The number of nitrogens with zero attached hydrogens (tertiary/aromatic N) is 1. The first-order chi connectivity index (χ1) is 6.09. The molecular formula is C9H19N3O. The smallest absolute Gasteiger partial charge is 0.234 e. The summed E-state index contributed by atoms with van der Waals surface area (Å²) in [5, 5.41) is 3.24. The molecule has 13 heavy (non-hydrogen) atoms. The van der Waals surface area contributed by atoms with Gasteiger partial charge >= 0.3 is 0 Å². The van der Waals surface area contributed by atoms with Gasteiger partial charge in [0.05, 0.1) is 6.04 Å². The van der Waals surface area contributed by atoms with E-state index < -0.39 is 0 Å². The van der Waals surface area contributed by atoms with Crippen LogP contribution in [0.15, 0.2) is 0 Å². The first-order valence-electron chi connectivity index (χ1n) is 4.79. The Morgan fingerprint density at radius 1 is 1.62 bits per heavy atom. The number of primary amides is 1. The van der Waals surface area contributed by atoms with Crippen LogP contribution in [0.2, 0.25) is 0 Å². The number of nitrogens with one attached hydrogen (secondary N) is 1. The largest absolute Gasteiger partial charge is 0.368 e. The van der Waals surface area contributed by atoms with Gasteiger partial charge in [-0.15, -0.1) is 0 Å². The molecule has 1 fully saturated rings. The van der Waals surface area contributed by atoms with Crippen molar-refractivity contribution in [3.63, 3.8) is 0 Å². The number of hydrogen-bond acceptors (Lipinski definition) is 3. The summed E-state index contributed by atoms with van der Waals surface area (Å²) in [6.45, 7) is 0.896. The van der Waals surface area contributed by atoms with Crippen LogP contribution in [0, 0.1) is 0 Å². The molecule has 0 aliphatic heterocycles. The highest BCUT2D eigenvalue weighted by Crippen LogP contribution is 2.19. The van der Waals surface area contributed by atoms with Gasteiger partial charge in [0.1, 0.15) is 0 Å². The summed E-state index contributed by atoms with van der Waals surface area (Å²) >= 11 is 0. The molecule has 1 rings (SSSR count). The van der Waals surface area contributed by atoms with Crippen LogP contribution < -0.4 is 11.1 Å². The van der Waals surface area contributed by atoms with Crippen molar-refractivity contribution in [2.75, 3.05) is 20.6 Å². The number of hydrogen-bond donors (Lipinski definition) is 2. The van der Waals surface area contributed by atoms with E-state index in [4.69, 9.17) is 5.73 Å². The number of amides is 1. The zero-order valence-corrected chi connectivity index (χ0v) is 8.42. The van der Waals surface area contributed by atoms with Gasteiger partial charge in [-0.1, -0.05) is 0 Å². The summed E-state index contributed by atoms with van der Waals surface area (Å²) < 4.78 is 0. The molecule has 0 heterocycles. The van der Waals surface area contributed by atoms with E-state index in [1.54, 1.807) is 0 Å². The molecule has 3 N–H and O–H groups in total. The zero-order valence-electron chi connectivity index (χ0n) is 8.42. The standard InChI is InChI=1S/C9H19N3O/c1-12(2)6-5-8(9(10)13)11-7-3-4-7/h7-8,11H,3-6H2,1-2H3,(H2,10,13). The highest BCUT2D eigenvalue weighted by Gasteiger charge is 2.26. The zero-order chi connectivity index (χ0) is 9.84. The van der Waals surface area contributed by atoms with Crippen LogP contribution >= 0.6 is 0 Å². The van der Waals surface area contributed by atoms with Gasteiger partial charge in [0.25, 0.3) is 0 Å². The number of rotatable bonds is 6. The molecule has 0 radical (unpaired) electrons. The van der Waals surface area contributed by atoms with Crippen molar-refractivity contribution >= 4 is 5.91 Å². The first kappa shape index (κ1) is 10.5. The van der Waals surface area contributed by atoms with Crippen molar-refractivity contribution in [3.8, 4) is 0 Å². The topological polar surface area (TPSA) is 58.4 Å². The van der Waals surface area contributed by atoms with Gasteiger partial charge in [-0.25, -0.2) is 0 Å². The lowest BCUT2D eigenvalue weighted by Crippen LogP contribution is -2.43. The monoisotopic (exact) mass is 185 g/mol. The van der Waals surface area contributed by atoms with Gasteiger partial charge in [0.15, 0.2) is 0 Å². The van der Waals surface area contributed by atoms with Gasteiger partial charge in [-0.05, 0) is 39.9 Å². The highest BCUT2D eigenvalue weighted by atomic mass is 16.1. The summed E-state index contributed by atoms with van der Waals surface area (Å²) in [6, 6.07) is 0.398. The fraction of sp³-hybridized carbons (Fsp3) is 0.889. The summed E-state index contributed by atoms with van der Waals surface area (Å²) in [7, 11) is 3.99. The minimum atomic E-state index is -0.228. The maximum atomic E-state index is 11.0. The molecule has 1 aliphatic rings. The van der Waals surface area contributed by atoms with Crippen LogP contribution in [0.4, 0.5) is 0 Å². The second-order valence-corrected chi connectivity index (χ2v) is 3.99. The Balaban J connectivity index is 2.24. The van der Waals surface area contributed by atoms with E-state index in [2.05, 4.69) is 10.2 Å². The summed E-state index contributed by atoms with van der Waals surface area (Å²) in [6.07, 6.45) is 3.18.